The molecule has 0 aromatic carbocycles. The van der Waals surface area contributed by atoms with Crippen molar-refractivity contribution in [3.63, 3.8) is 0 Å². The largest absolute Gasteiger partial charge is 1.00 e. The van der Waals surface area contributed by atoms with Gasteiger partial charge in [0, 0.05) is 13.0 Å². The van der Waals surface area contributed by atoms with Crippen LogP contribution in [0.4, 0.5) is 4.39 Å². The third-order valence-electron chi connectivity index (χ3n) is 2.80. The first kappa shape index (κ1) is 21.2. The summed E-state index contributed by atoms with van der Waals surface area (Å²) in [5.41, 5.74) is 0. The Morgan fingerprint density at radius 3 is 2.26 bits per heavy atom. The molecule has 0 rings (SSSR count). The number of halogens is 1. The molecule has 0 aliphatic carbocycles. The van der Waals surface area contributed by atoms with Gasteiger partial charge in [-0.1, -0.05) is 19.3 Å². The van der Waals surface area contributed by atoms with E-state index in [9.17, 15) is 19.1 Å². The molecule has 0 radical (unpaired) electrons. The SMILES string of the molecule is CCN(CC(=O)[O-])C(=O)CCCCCCC(C)F.[Na+]. The van der Waals surface area contributed by atoms with Crippen molar-refractivity contribution in [3.05, 3.63) is 0 Å². The predicted molar refractivity (Wildman–Crippen MR) is 65.5 cm³/mol. The number of hydrogen-bond acceptors (Lipinski definition) is 3. The van der Waals surface area contributed by atoms with Crippen molar-refractivity contribution in [2.24, 2.45) is 0 Å². The second kappa shape index (κ2) is 12.9. The Morgan fingerprint density at radius 2 is 1.79 bits per heavy atom. The van der Waals surface area contributed by atoms with Crippen LogP contribution in [0.15, 0.2) is 0 Å². The molecule has 1 unspecified atom stereocenters. The number of unbranched alkanes of at least 4 members (excludes halogenated alkanes) is 3. The zero-order valence-electron chi connectivity index (χ0n) is 12.3. The number of carboxylic acid groups (broad SMARTS) is 1. The first-order valence-electron chi connectivity index (χ1n) is 6.59. The first-order chi connectivity index (χ1) is 8.47. The van der Waals surface area contributed by atoms with Gasteiger partial charge in [0.05, 0.1) is 18.7 Å². The number of carbonyl (C=O) groups excluding carboxylic acids is 2. The van der Waals surface area contributed by atoms with Crippen LogP contribution in [0.5, 0.6) is 0 Å². The summed E-state index contributed by atoms with van der Waals surface area (Å²) >= 11 is 0. The normalized spacial score (nSPS) is 11.5. The van der Waals surface area contributed by atoms with Gasteiger partial charge in [0.15, 0.2) is 0 Å². The Kier molecular flexibility index (Phi) is 14.4. The fourth-order valence-electron chi connectivity index (χ4n) is 1.75. The average molecular weight is 283 g/mol. The molecule has 0 fully saturated rings. The summed E-state index contributed by atoms with van der Waals surface area (Å²) in [6, 6.07) is 0. The van der Waals surface area contributed by atoms with E-state index in [0.717, 1.165) is 25.7 Å². The van der Waals surface area contributed by atoms with Crippen LogP contribution < -0.4 is 34.7 Å². The van der Waals surface area contributed by atoms with E-state index in [-0.39, 0.29) is 42.0 Å². The zero-order valence-corrected chi connectivity index (χ0v) is 14.3. The molecule has 0 spiro atoms. The van der Waals surface area contributed by atoms with Gasteiger partial charge in [0.1, 0.15) is 0 Å². The topological polar surface area (TPSA) is 60.4 Å². The molecule has 0 aliphatic heterocycles. The van der Waals surface area contributed by atoms with Crippen LogP contribution in [0.1, 0.15) is 52.4 Å². The van der Waals surface area contributed by atoms with E-state index in [1.807, 2.05) is 0 Å². The van der Waals surface area contributed by atoms with Gasteiger partial charge in [0.2, 0.25) is 5.91 Å². The molecule has 6 heteroatoms. The number of aliphatic carboxylic acids is 1. The molecule has 0 heterocycles. The van der Waals surface area contributed by atoms with Crippen LogP contribution in [0.3, 0.4) is 0 Å². The molecule has 0 saturated carbocycles. The molecule has 106 valence electrons. The maximum absolute atomic E-state index is 12.5. The van der Waals surface area contributed by atoms with Gasteiger partial charge in [-0.3, -0.25) is 4.79 Å². The minimum Gasteiger partial charge on any atom is -0.548 e. The van der Waals surface area contributed by atoms with Gasteiger partial charge in [-0.05, 0) is 26.7 Å². The molecule has 1 amide bonds. The zero-order chi connectivity index (χ0) is 14.0. The third kappa shape index (κ3) is 12.6. The van der Waals surface area contributed by atoms with E-state index in [2.05, 4.69) is 0 Å². The molecule has 0 aromatic heterocycles. The summed E-state index contributed by atoms with van der Waals surface area (Å²) in [7, 11) is 0. The Morgan fingerprint density at radius 1 is 1.21 bits per heavy atom. The number of nitrogens with zero attached hydrogens (tertiary/aromatic N) is 1. The smallest absolute Gasteiger partial charge is 0.548 e. The molecular formula is C13H23FNNaO3. The summed E-state index contributed by atoms with van der Waals surface area (Å²) in [6.07, 6.45) is 3.51. The quantitative estimate of drug-likeness (QED) is 0.354. The van der Waals surface area contributed by atoms with E-state index >= 15 is 0 Å². The number of likely N-dealkylation sites (N-methyl/N-ethyl adjacent to an activating group) is 1. The molecule has 1 atom stereocenters. The van der Waals surface area contributed by atoms with Crippen molar-refractivity contribution in [1.29, 1.82) is 0 Å². The van der Waals surface area contributed by atoms with E-state index in [1.165, 1.54) is 4.90 Å². The number of amides is 1. The van der Waals surface area contributed by atoms with Crippen molar-refractivity contribution >= 4 is 11.9 Å². The van der Waals surface area contributed by atoms with E-state index in [1.54, 1.807) is 13.8 Å². The molecule has 0 aliphatic rings. The Balaban J connectivity index is 0. The van der Waals surface area contributed by atoms with Crippen LogP contribution in [0, 0.1) is 0 Å². The minimum atomic E-state index is -1.23. The summed E-state index contributed by atoms with van der Waals surface area (Å²) in [5, 5.41) is 10.4. The summed E-state index contributed by atoms with van der Waals surface area (Å²) in [5.74, 6) is -1.39. The van der Waals surface area contributed by atoms with Gasteiger partial charge >= 0.3 is 29.6 Å². The number of carboxylic acids is 1. The number of hydrogen-bond donors (Lipinski definition) is 0. The van der Waals surface area contributed by atoms with Crippen LogP contribution >= 0.6 is 0 Å². The monoisotopic (exact) mass is 283 g/mol. The number of rotatable bonds is 10. The Hall–Kier alpha value is -0.130. The number of carbonyl (C=O) groups is 2. The summed E-state index contributed by atoms with van der Waals surface area (Å²) in [6.45, 7) is 3.33. The summed E-state index contributed by atoms with van der Waals surface area (Å²) < 4.78 is 12.5. The van der Waals surface area contributed by atoms with E-state index in [0.29, 0.717) is 19.4 Å². The Bertz CT molecular complexity index is 262. The molecule has 0 aromatic rings. The van der Waals surface area contributed by atoms with Crippen molar-refractivity contribution in [1.82, 2.24) is 4.90 Å². The predicted octanol–water partition coefficient (Wildman–Crippen LogP) is -1.71. The minimum absolute atomic E-state index is 0. The van der Waals surface area contributed by atoms with Gasteiger partial charge in [0.25, 0.3) is 0 Å². The van der Waals surface area contributed by atoms with Crippen LogP contribution in [-0.4, -0.2) is 36.0 Å². The fourth-order valence-corrected chi connectivity index (χ4v) is 1.75. The second-order valence-electron chi connectivity index (χ2n) is 4.51. The maximum atomic E-state index is 12.5. The Labute approximate surface area is 137 Å². The van der Waals surface area contributed by atoms with Gasteiger partial charge in [-0.2, -0.15) is 0 Å². The van der Waals surface area contributed by atoms with E-state index < -0.39 is 12.1 Å². The van der Waals surface area contributed by atoms with Crippen molar-refractivity contribution in [3.8, 4) is 0 Å². The maximum Gasteiger partial charge on any atom is 1.00 e. The summed E-state index contributed by atoms with van der Waals surface area (Å²) in [4.78, 5) is 23.3. The molecule has 0 saturated heterocycles. The third-order valence-corrected chi connectivity index (χ3v) is 2.80. The van der Waals surface area contributed by atoms with Crippen molar-refractivity contribution < 1.29 is 48.6 Å². The number of alkyl halides is 1. The van der Waals surface area contributed by atoms with Gasteiger partial charge in [-0.15, -0.1) is 0 Å². The van der Waals surface area contributed by atoms with E-state index in [4.69, 9.17) is 0 Å². The molecule has 0 bridgehead atoms. The first-order valence-corrected chi connectivity index (χ1v) is 6.59. The van der Waals surface area contributed by atoms with Crippen LogP contribution in [-0.2, 0) is 9.59 Å². The second-order valence-corrected chi connectivity index (χ2v) is 4.51. The van der Waals surface area contributed by atoms with Gasteiger partial charge < -0.3 is 14.8 Å². The van der Waals surface area contributed by atoms with Crippen LogP contribution in [0.25, 0.3) is 0 Å². The average Bonchev–Trinajstić information content (AvgIpc) is 2.29. The van der Waals surface area contributed by atoms with Crippen LogP contribution in [0.2, 0.25) is 0 Å². The fraction of sp³-hybridized carbons (Fsp3) is 0.846. The van der Waals surface area contributed by atoms with Crippen molar-refractivity contribution in [2.75, 3.05) is 13.1 Å². The standard InChI is InChI=1S/C13H24FNO3.Na/c1-3-15(10-13(17)18)12(16)9-7-5-4-6-8-11(2)14;/h11H,3-10H2,1-2H3,(H,17,18);/q;+1/p-1. The molecule has 19 heavy (non-hydrogen) atoms. The molecule has 0 N–H and O–H groups in total. The molecule has 4 nitrogen and oxygen atoms in total. The molecular weight excluding hydrogens is 260 g/mol. The van der Waals surface area contributed by atoms with Crippen molar-refractivity contribution in [2.45, 2.75) is 58.5 Å². The van der Waals surface area contributed by atoms with Gasteiger partial charge in [-0.25, -0.2) is 4.39 Å².